The molecule has 162 valence electrons. The van der Waals surface area contributed by atoms with Gasteiger partial charge in [-0.3, -0.25) is 9.10 Å². The molecule has 0 unspecified atom stereocenters. The molecule has 1 aliphatic rings. The SMILES string of the molecule is CN(c1ccccc1)S(=O)(=O)c1cccc(NC(=O)CSc2nnc(NC3CC3)s2)c1. The standard InChI is InChI=1S/C20H21N5O3S3/c1-25(16-7-3-2-4-8-16)31(27,28)17-9-5-6-15(12-17)21-18(26)13-29-20-24-23-19(30-20)22-14-10-11-14/h2-9,12,14H,10-11,13H2,1H3,(H,21,26)(H,22,23). The largest absolute Gasteiger partial charge is 0.357 e. The van der Waals surface area contributed by atoms with Crippen LogP contribution in [-0.2, 0) is 14.8 Å². The van der Waals surface area contributed by atoms with E-state index in [-0.39, 0.29) is 16.6 Å². The number of sulfonamides is 1. The monoisotopic (exact) mass is 475 g/mol. The molecule has 8 nitrogen and oxygen atoms in total. The molecule has 1 heterocycles. The quantitative estimate of drug-likeness (QED) is 0.455. The molecule has 0 bridgehead atoms. The molecule has 31 heavy (non-hydrogen) atoms. The number of hydrogen-bond acceptors (Lipinski definition) is 8. The molecule has 0 saturated heterocycles. The number of aromatic nitrogens is 2. The van der Waals surface area contributed by atoms with E-state index in [0.29, 0.717) is 21.8 Å². The van der Waals surface area contributed by atoms with Crippen molar-refractivity contribution in [2.75, 3.05) is 27.7 Å². The van der Waals surface area contributed by atoms with Crippen LogP contribution in [0.4, 0.5) is 16.5 Å². The van der Waals surface area contributed by atoms with Gasteiger partial charge in [0.1, 0.15) is 0 Å². The normalized spacial score (nSPS) is 13.6. The lowest BCUT2D eigenvalue weighted by molar-refractivity contribution is -0.113. The zero-order valence-electron chi connectivity index (χ0n) is 16.7. The molecule has 4 rings (SSSR count). The Bertz CT molecular complexity index is 1160. The number of carbonyl (C=O) groups excluding carboxylic acids is 1. The first-order valence-electron chi connectivity index (χ1n) is 9.58. The van der Waals surface area contributed by atoms with E-state index in [2.05, 4.69) is 20.8 Å². The van der Waals surface area contributed by atoms with Crippen LogP contribution < -0.4 is 14.9 Å². The van der Waals surface area contributed by atoms with Crippen molar-refractivity contribution in [1.82, 2.24) is 10.2 Å². The fraction of sp³-hybridized carbons (Fsp3) is 0.250. The maximum Gasteiger partial charge on any atom is 0.264 e. The van der Waals surface area contributed by atoms with Crippen molar-refractivity contribution in [2.24, 2.45) is 0 Å². The second kappa shape index (κ2) is 9.25. The molecule has 1 aromatic heterocycles. The van der Waals surface area contributed by atoms with E-state index in [1.165, 1.54) is 46.6 Å². The second-order valence-corrected chi connectivity index (χ2v) is 11.1. The summed E-state index contributed by atoms with van der Waals surface area (Å²) >= 11 is 2.72. The van der Waals surface area contributed by atoms with Crippen LogP contribution >= 0.6 is 23.1 Å². The lowest BCUT2D eigenvalue weighted by Crippen LogP contribution is -2.26. The highest BCUT2D eigenvalue weighted by atomic mass is 32.2. The van der Waals surface area contributed by atoms with Crippen LogP contribution in [0.25, 0.3) is 0 Å². The third-order valence-electron chi connectivity index (χ3n) is 4.53. The predicted octanol–water partition coefficient (Wildman–Crippen LogP) is 3.67. The molecule has 11 heteroatoms. The number of rotatable bonds is 9. The van der Waals surface area contributed by atoms with Crippen LogP contribution in [0.2, 0.25) is 0 Å². The van der Waals surface area contributed by atoms with E-state index in [0.717, 1.165) is 18.0 Å². The number of para-hydroxylation sites is 1. The molecule has 1 amide bonds. The van der Waals surface area contributed by atoms with Crippen molar-refractivity contribution in [2.45, 2.75) is 28.1 Å². The van der Waals surface area contributed by atoms with Crippen LogP contribution in [0, 0.1) is 0 Å². The van der Waals surface area contributed by atoms with Gasteiger partial charge in [-0.2, -0.15) is 0 Å². The van der Waals surface area contributed by atoms with Crippen molar-refractivity contribution < 1.29 is 13.2 Å². The van der Waals surface area contributed by atoms with Gasteiger partial charge in [0.05, 0.1) is 16.3 Å². The highest BCUT2D eigenvalue weighted by Crippen LogP contribution is 2.30. The van der Waals surface area contributed by atoms with Crippen molar-refractivity contribution in [1.29, 1.82) is 0 Å². The number of anilines is 3. The molecule has 1 aliphatic carbocycles. The lowest BCUT2D eigenvalue weighted by Gasteiger charge is -2.19. The van der Waals surface area contributed by atoms with Crippen molar-refractivity contribution in [3.05, 3.63) is 54.6 Å². The zero-order valence-corrected chi connectivity index (χ0v) is 19.1. The van der Waals surface area contributed by atoms with Gasteiger partial charge in [-0.05, 0) is 43.2 Å². The topological polar surface area (TPSA) is 104 Å². The number of nitrogens with zero attached hydrogens (tertiary/aromatic N) is 3. The zero-order chi connectivity index (χ0) is 21.8. The Labute approximate surface area is 189 Å². The molecule has 0 atom stereocenters. The molecular weight excluding hydrogens is 454 g/mol. The predicted molar refractivity (Wildman–Crippen MR) is 124 cm³/mol. The molecule has 1 fully saturated rings. The minimum atomic E-state index is -3.75. The minimum Gasteiger partial charge on any atom is -0.357 e. The van der Waals surface area contributed by atoms with E-state index >= 15 is 0 Å². The summed E-state index contributed by atoms with van der Waals surface area (Å²) in [7, 11) is -2.25. The third kappa shape index (κ3) is 5.54. The number of carbonyl (C=O) groups is 1. The number of thioether (sulfide) groups is 1. The summed E-state index contributed by atoms with van der Waals surface area (Å²) < 4.78 is 27.8. The summed E-state index contributed by atoms with van der Waals surface area (Å²) in [5, 5.41) is 14.9. The molecule has 0 radical (unpaired) electrons. The summed E-state index contributed by atoms with van der Waals surface area (Å²) in [6, 6.07) is 15.6. The maximum absolute atomic E-state index is 13.0. The Hall–Kier alpha value is -2.63. The van der Waals surface area contributed by atoms with E-state index < -0.39 is 10.0 Å². The summed E-state index contributed by atoms with van der Waals surface area (Å²) in [5.41, 5.74) is 0.974. The molecule has 0 spiro atoms. The van der Waals surface area contributed by atoms with Gasteiger partial charge >= 0.3 is 0 Å². The molecule has 3 aromatic rings. The van der Waals surface area contributed by atoms with Crippen LogP contribution in [0.1, 0.15) is 12.8 Å². The Morgan fingerprint density at radius 1 is 1.16 bits per heavy atom. The van der Waals surface area contributed by atoms with Crippen molar-refractivity contribution >= 4 is 55.5 Å². The average Bonchev–Trinajstić information content (AvgIpc) is 3.48. The average molecular weight is 476 g/mol. The van der Waals surface area contributed by atoms with E-state index in [1.54, 1.807) is 36.4 Å². The molecular formula is C20H21N5O3S3. The minimum absolute atomic E-state index is 0.101. The van der Waals surface area contributed by atoms with Crippen LogP contribution in [0.5, 0.6) is 0 Å². The fourth-order valence-corrected chi connectivity index (χ4v) is 5.59. The van der Waals surface area contributed by atoms with Crippen molar-refractivity contribution in [3.63, 3.8) is 0 Å². The number of nitrogens with one attached hydrogen (secondary N) is 2. The van der Waals surface area contributed by atoms with Gasteiger partial charge in [-0.25, -0.2) is 8.42 Å². The number of benzene rings is 2. The first-order valence-corrected chi connectivity index (χ1v) is 12.8. The molecule has 2 aromatic carbocycles. The number of amides is 1. The summed E-state index contributed by atoms with van der Waals surface area (Å²) in [5.74, 6) is -0.0956. The van der Waals surface area contributed by atoms with E-state index in [1.807, 2.05) is 6.07 Å². The summed E-state index contributed by atoms with van der Waals surface area (Å²) in [4.78, 5) is 12.4. The smallest absolute Gasteiger partial charge is 0.264 e. The van der Waals surface area contributed by atoms with Crippen molar-refractivity contribution in [3.8, 4) is 0 Å². The lowest BCUT2D eigenvalue weighted by atomic mass is 10.3. The Balaban J connectivity index is 1.37. The van der Waals surface area contributed by atoms with Crippen LogP contribution in [0.3, 0.4) is 0 Å². The van der Waals surface area contributed by atoms with Crippen LogP contribution in [-0.4, -0.2) is 43.4 Å². The maximum atomic E-state index is 13.0. The highest BCUT2D eigenvalue weighted by molar-refractivity contribution is 8.01. The molecule has 1 saturated carbocycles. The Kier molecular flexibility index (Phi) is 6.44. The van der Waals surface area contributed by atoms with Gasteiger partial charge in [0.15, 0.2) is 4.34 Å². The fourth-order valence-electron chi connectivity index (χ4n) is 2.72. The highest BCUT2D eigenvalue weighted by Gasteiger charge is 2.23. The molecule has 0 aliphatic heterocycles. The van der Waals surface area contributed by atoms with E-state index in [9.17, 15) is 13.2 Å². The molecule has 2 N–H and O–H groups in total. The first kappa shape index (κ1) is 21.6. The summed E-state index contributed by atoms with van der Waals surface area (Å²) in [6.07, 6.45) is 2.31. The van der Waals surface area contributed by atoms with Gasteiger partial charge in [-0.15, -0.1) is 10.2 Å². The van der Waals surface area contributed by atoms with Gasteiger partial charge < -0.3 is 10.6 Å². The Morgan fingerprint density at radius 2 is 1.94 bits per heavy atom. The van der Waals surface area contributed by atoms with Gasteiger partial charge in [0, 0.05) is 18.8 Å². The Morgan fingerprint density at radius 3 is 2.68 bits per heavy atom. The van der Waals surface area contributed by atoms with Gasteiger partial charge in [0.25, 0.3) is 10.0 Å². The van der Waals surface area contributed by atoms with Gasteiger partial charge in [-0.1, -0.05) is 47.4 Å². The third-order valence-corrected chi connectivity index (χ3v) is 8.30. The van der Waals surface area contributed by atoms with Gasteiger partial charge in [0.2, 0.25) is 11.0 Å². The number of hydrogen-bond donors (Lipinski definition) is 2. The summed E-state index contributed by atoms with van der Waals surface area (Å²) in [6.45, 7) is 0. The van der Waals surface area contributed by atoms with E-state index in [4.69, 9.17) is 0 Å². The second-order valence-electron chi connectivity index (χ2n) is 6.96. The van der Waals surface area contributed by atoms with Crippen LogP contribution in [0.15, 0.2) is 63.8 Å². The first-order chi connectivity index (χ1) is 14.9.